The van der Waals surface area contributed by atoms with Gasteiger partial charge in [0.15, 0.2) is 0 Å². The summed E-state index contributed by atoms with van der Waals surface area (Å²) in [5.41, 5.74) is 0. The van der Waals surface area contributed by atoms with Crippen LogP contribution in [0, 0.1) is 5.92 Å². The Balaban J connectivity index is 1.89. The van der Waals surface area contributed by atoms with Crippen LogP contribution in [-0.4, -0.2) is 109 Å². The smallest absolute Gasteiger partial charge is 0.326 e. The first-order chi connectivity index (χ1) is 19.6. The van der Waals surface area contributed by atoms with Crippen molar-refractivity contribution in [2.75, 3.05) is 44.4 Å². The minimum absolute atomic E-state index is 0.00130. The topological polar surface area (TPSA) is 172 Å². The molecule has 13 nitrogen and oxygen atoms in total. The fourth-order valence-corrected chi connectivity index (χ4v) is 6.51. The number of morpholine rings is 1. The Bertz CT molecular complexity index is 1000. The monoisotopic (exact) mass is 613 g/mol. The molecule has 3 aliphatic rings. The first kappa shape index (κ1) is 32.7. The van der Waals surface area contributed by atoms with Crippen LogP contribution in [0.1, 0.15) is 39.5 Å². The first-order valence-electron chi connectivity index (χ1n) is 13.8. The van der Waals surface area contributed by atoms with Crippen molar-refractivity contribution in [1.29, 1.82) is 0 Å². The molecule has 0 aromatic rings. The summed E-state index contributed by atoms with van der Waals surface area (Å²) in [6.07, 6.45) is 2.84. The van der Waals surface area contributed by atoms with Crippen LogP contribution in [0.2, 0.25) is 0 Å². The fourth-order valence-electron chi connectivity index (χ4n) is 4.36. The third-order valence-corrected chi connectivity index (χ3v) is 9.10. The van der Waals surface area contributed by atoms with Crippen molar-refractivity contribution in [3.05, 3.63) is 12.2 Å². The number of rotatable bonds is 4. The van der Waals surface area contributed by atoms with Crippen molar-refractivity contribution in [3.63, 3.8) is 0 Å². The average Bonchev–Trinajstić information content (AvgIpc) is 2.94. The van der Waals surface area contributed by atoms with E-state index in [4.69, 9.17) is 9.47 Å². The Kier molecular flexibility index (Phi) is 13.3. The van der Waals surface area contributed by atoms with Gasteiger partial charge in [-0.15, -0.1) is 0 Å². The third-order valence-electron chi connectivity index (χ3n) is 6.66. The minimum Gasteiger partial charge on any atom is -0.456 e. The first-order valence-corrected chi connectivity index (χ1v) is 16.3. The molecular formula is C26H39N5O8S2. The standard InChI is InChI=1S/C26H39N5O8S2/c1-16(2)23-26(37)27-14-22(34)39-17-5-3-4-12-40-41-15-19(25(36)30-23)29-24(35)18(28-20(32)13-17)6-7-21(33)31-8-10-38-11-9-31/h3,5,16-19,23H,4,6-15H2,1-2H3,(H,27,37)(H,28,32)(H,29,35)(H,30,36)/b5-3+/t17-,18-,19-,23-/m1/s1. The van der Waals surface area contributed by atoms with E-state index < -0.39 is 60.4 Å². The number of amides is 5. The van der Waals surface area contributed by atoms with E-state index in [1.807, 2.05) is 0 Å². The van der Waals surface area contributed by atoms with E-state index in [1.165, 1.54) is 21.6 Å². The maximum absolute atomic E-state index is 13.5. The van der Waals surface area contributed by atoms with Gasteiger partial charge < -0.3 is 35.6 Å². The zero-order valence-corrected chi connectivity index (χ0v) is 25.0. The Morgan fingerprint density at radius 1 is 1.02 bits per heavy atom. The molecule has 3 rings (SSSR count). The van der Waals surface area contributed by atoms with Crippen LogP contribution in [0.15, 0.2) is 12.2 Å². The molecule has 0 spiro atoms. The van der Waals surface area contributed by atoms with Gasteiger partial charge in [0.25, 0.3) is 0 Å². The molecule has 3 aliphatic heterocycles. The summed E-state index contributed by atoms with van der Waals surface area (Å²) in [4.78, 5) is 79.7. The third kappa shape index (κ3) is 10.9. The molecular weight excluding hydrogens is 574 g/mol. The van der Waals surface area contributed by atoms with Crippen LogP contribution in [0.3, 0.4) is 0 Å². The summed E-state index contributed by atoms with van der Waals surface area (Å²) < 4.78 is 10.8. The van der Waals surface area contributed by atoms with E-state index in [0.717, 1.165) is 0 Å². The Morgan fingerprint density at radius 3 is 2.51 bits per heavy atom. The Hall–Kier alpha value is -2.78. The van der Waals surface area contributed by atoms with Crippen LogP contribution in [0.25, 0.3) is 0 Å². The van der Waals surface area contributed by atoms with Gasteiger partial charge in [0.05, 0.1) is 19.6 Å². The van der Waals surface area contributed by atoms with Gasteiger partial charge in [-0.3, -0.25) is 28.8 Å². The van der Waals surface area contributed by atoms with Crippen LogP contribution < -0.4 is 21.3 Å². The molecule has 5 amide bonds. The molecule has 0 aromatic heterocycles. The van der Waals surface area contributed by atoms with Crippen molar-refractivity contribution in [2.24, 2.45) is 5.92 Å². The number of hydrogen-bond acceptors (Lipinski definition) is 10. The van der Waals surface area contributed by atoms with Crippen LogP contribution in [-0.2, 0) is 38.2 Å². The number of allylic oxidation sites excluding steroid dienone is 1. The molecule has 0 radical (unpaired) electrons. The predicted octanol–water partition coefficient (Wildman–Crippen LogP) is -0.491. The highest BCUT2D eigenvalue weighted by molar-refractivity contribution is 8.76. The van der Waals surface area contributed by atoms with Crippen molar-refractivity contribution in [2.45, 2.75) is 63.8 Å². The SMILES string of the molecule is CC(C)[C@H]1NC(=O)[C@H]2CSSCC/C=C/[C@H](CC(=O)N[C@H](CCC(=O)N3CCOCC3)C(=O)N2)OC(=O)CNC1=O. The molecule has 2 fully saturated rings. The number of nitrogens with zero attached hydrogens (tertiary/aromatic N) is 1. The van der Waals surface area contributed by atoms with E-state index in [9.17, 15) is 28.8 Å². The summed E-state index contributed by atoms with van der Waals surface area (Å²) in [5, 5.41) is 10.6. The maximum atomic E-state index is 13.5. The number of carbonyl (C=O) groups is 6. The minimum atomic E-state index is -1.12. The van der Waals surface area contributed by atoms with Crippen LogP contribution in [0.5, 0.6) is 0 Å². The lowest BCUT2D eigenvalue weighted by Gasteiger charge is -2.28. The average molecular weight is 614 g/mol. The van der Waals surface area contributed by atoms with Crippen molar-refractivity contribution < 1.29 is 38.2 Å². The van der Waals surface area contributed by atoms with Gasteiger partial charge in [0, 0.05) is 31.0 Å². The van der Waals surface area contributed by atoms with Gasteiger partial charge >= 0.3 is 5.97 Å². The van der Waals surface area contributed by atoms with Gasteiger partial charge in [0.2, 0.25) is 29.5 Å². The molecule has 2 saturated heterocycles. The number of fused-ring (bicyclic) bond motifs is 7. The summed E-state index contributed by atoms with van der Waals surface area (Å²) in [5.74, 6) is -2.70. The number of esters is 1. The van der Waals surface area contributed by atoms with Gasteiger partial charge in [-0.05, 0) is 24.8 Å². The van der Waals surface area contributed by atoms with Crippen molar-refractivity contribution in [3.8, 4) is 0 Å². The molecule has 0 aliphatic carbocycles. The number of nitrogens with one attached hydrogen (secondary N) is 4. The molecule has 4 atom stereocenters. The molecule has 0 unspecified atom stereocenters. The highest BCUT2D eigenvalue weighted by Gasteiger charge is 2.33. The Labute approximate surface area is 247 Å². The van der Waals surface area contributed by atoms with E-state index in [0.29, 0.717) is 38.5 Å². The van der Waals surface area contributed by atoms with Gasteiger partial charge in [-0.25, -0.2) is 0 Å². The lowest BCUT2D eigenvalue weighted by atomic mass is 10.0. The van der Waals surface area contributed by atoms with E-state index >= 15 is 0 Å². The van der Waals surface area contributed by atoms with E-state index in [-0.39, 0.29) is 36.8 Å². The number of ether oxygens (including phenoxy) is 2. The van der Waals surface area contributed by atoms with Gasteiger partial charge in [0.1, 0.15) is 30.8 Å². The second-order valence-corrected chi connectivity index (χ2v) is 12.8. The molecule has 0 aromatic carbocycles. The molecule has 15 heteroatoms. The molecule has 228 valence electrons. The molecule has 0 saturated carbocycles. The molecule has 3 heterocycles. The number of hydrogen-bond donors (Lipinski definition) is 4. The van der Waals surface area contributed by atoms with Crippen molar-refractivity contribution >= 4 is 57.1 Å². The fraction of sp³-hybridized carbons (Fsp3) is 0.692. The molecule has 4 N–H and O–H groups in total. The highest BCUT2D eigenvalue weighted by atomic mass is 33.1. The van der Waals surface area contributed by atoms with Crippen LogP contribution >= 0.6 is 21.6 Å². The Morgan fingerprint density at radius 2 is 1.78 bits per heavy atom. The summed E-state index contributed by atoms with van der Waals surface area (Å²) in [6.45, 7) is 4.82. The highest BCUT2D eigenvalue weighted by Crippen LogP contribution is 2.24. The lowest BCUT2D eigenvalue weighted by Crippen LogP contribution is -2.59. The van der Waals surface area contributed by atoms with E-state index in [2.05, 4.69) is 21.3 Å². The lowest BCUT2D eigenvalue weighted by molar-refractivity contribution is -0.148. The summed E-state index contributed by atoms with van der Waals surface area (Å²) in [7, 11) is 2.89. The molecule has 41 heavy (non-hydrogen) atoms. The number of carbonyl (C=O) groups excluding carboxylic acids is 6. The zero-order valence-electron chi connectivity index (χ0n) is 23.3. The second-order valence-electron chi connectivity index (χ2n) is 10.2. The zero-order chi connectivity index (χ0) is 29.8. The van der Waals surface area contributed by atoms with Crippen LogP contribution in [0.4, 0.5) is 0 Å². The maximum Gasteiger partial charge on any atom is 0.326 e. The largest absolute Gasteiger partial charge is 0.456 e. The summed E-state index contributed by atoms with van der Waals surface area (Å²) >= 11 is 0. The van der Waals surface area contributed by atoms with Gasteiger partial charge in [-0.2, -0.15) is 0 Å². The quantitative estimate of drug-likeness (QED) is 0.184. The predicted molar refractivity (Wildman–Crippen MR) is 153 cm³/mol. The normalized spacial score (nSPS) is 28.5. The van der Waals surface area contributed by atoms with E-state index in [1.54, 1.807) is 30.9 Å². The summed E-state index contributed by atoms with van der Waals surface area (Å²) in [6, 6.07) is -3.11. The van der Waals surface area contributed by atoms with Gasteiger partial charge in [-0.1, -0.05) is 41.5 Å². The second kappa shape index (κ2) is 16.6. The van der Waals surface area contributed by atoms with Crippen molar-refractivity contribution in [1.82, 2.24) is 26.2 Å². The molecule has 2 bridgehead atoms.